The van der Waals surface area contributed by atoms with Gasteiger partial charge in [-0.1, -0.05) is 27.7 Å². The maximum absolute atomic E-state index is 14.3. The highest BCUT2D eigenvalue weighted by Gasteiger charge is 2.61. The van der Waals surface area contributed by atoms with Crippen LogP contribution in [-0.2, 0) is 42.9 Å². The number of hydrogen-bond acceptors (Lipinski definition) is 13. The van der Waals surface area contributed by atoms with Gasteiger partial charge in [0.2, 0.25) is 0 Å². The van der Waals surface area contributed by atoms with Crippen molar-refractivity contribution in [3.8, 4) is 0 Å². The molecule has 0 saturated carbocycles. The van der Waals surface area contributed by atoms with Crippen LogP contribution >= 0.6 is 0 Å². The van der Waals surface area contributed by atoms with Crippen molar-refractivity contribution in [2.75, 3.05) is 27.7 Å². The predicted octanol–water partition coefficient (Wildman–Crippen LogP) is 1.18. The van der Waals surface area contributed by atoms with Crippen molar-refractivity contribution < 1.29 is 52.8 Å². The quantitative estimate of drug-likeness (QED) is 0.256. The average molecular weight is 685 g/mol. The number of aliphatic hydroxyl groups excluding tert-OH is 1. The number of hydrogen-bond donors (Lipinski definition) is 3. The predicted molar refractivity (Wildman–Crippen MR) is 172 cm³/mol. The fourth-order valence-corrected chi connectivity index (χ4v) is 7.67. The number of nitrogens with two attached hydrogens (primary N) is 1. The smallest absolute Gasteiger partial charge is 0.429 e. The fraction of sp³-hybridized carbons (Fsp3) is 0.848. The molecule has 0 radical (unpaired) electrons. The van der Waals surface area contributed by atoms with E-state index in [4.69, 9.17) is 29.4 Å². The van der Waals surface area contributed by atoms with Crippen molar-refractivity contribution in [1.29, 1.82) is 0 Å². The van der Waals surface area contributed by atoms with E-state index in [1.165, 1.54) is 14.0 Å². The van der Waals surface area contributed by atoms with Gasteiger partial charge in [-0.05, 0) is 61.1 Å². The Hall–Kier alpha value is -2.69. The molecule has 4 N–H and O–H groups in total. The number of Topliss-reactive ketones (excluding diaryl/α,β-unsaturated/α-hetero) is 2. The molecule has 3 rings (SSSR count). The lowest BCUT2D eigenvalue weighted by Crippen LogP contribution is -2.62. The lowest BCUT2D eigenvalue weighted by atomic mass is 9.73. The third kappa shape index (κ3) is 7.71. The van der Waals surface area contributed by atoms with Gasteiger partial charge in [0.05, 0.1) is 24.4 Å². The van der Waals surface area contributed by atoms with Gasteiger partial charge in [-0.25, -0.2) is 9.80 Å². The summed E-state index contributed by atoms with van der Waals surface area (Å²) in [5, 5.41) is 12.2. The Morgan fingerprint density at radius 2 is 1.71 bits per heavy atom. The molecule has 0 aromatic rings. The molecule has 3 fully saturated rings. The van der Waals surface area contributed by atoms with Gasteiger partial charge in [0, 0.05) is 30.9 Å². The van der Waals surface area contributed by atoms with Gasteiger partial charge in [-0.15, -0.1) is 0 Å². The second kappa shape index (κ2) is 15.5. The van der Waals surface area contributed by atoms with Crippen LogP contribution < -0.4 is 11.2 Å². The Morgan fingerprint density at radius 3 is 2.25 bits per heavy atom. The van der Waals surface area contributed by atoms with E-state index in [9.17, 15) is 29.1 Å². The summed E-state index contributed by atoms with van der Waals surface area (Å²) in [6.07, 6.45) is -4.87. The number of nitrogens with zero attached hydrogens (tertiary/aromatic N) is 2. The molecule has 0 aromatic heterocycles. The molecule has 3 aliphatic heterocycles. The van der Waals surface area contributed by atoms with Crippen molar-refractivity contribution in [2.45, 2.75) is 129 Å². The summed E-state index contributed by atoms with van der Waals surface area (Å²) < 4.78 is 30.3. The number of methoxy groups -OCH3 is 1. The molecule has 0 spiro atoms. The van der Waals surface area contributed by atoms with E-state index in [0.717, 1.165) is 5.01 Å². The van der Waals surface area contributed by atoms with Crippen LogP contribution in [0.3, 0.4) is 0 Å². The number of carbonyl (C=O) groups is 5. The molecule has 0 unspecified atom stereocenters. The molecule has 3 heterocycles. The van der Waals surface area contributed by atoms with Crippen LogP contribution in [0.15, 0.2) is 0 Å². The van der Waals surface area contributed by atoms with E-state index in [-0.39, 0.29) is 30.8 Å². The summed E-state index contributed by atoms with van der Waals surface area (Å²) in [7, 11) is 5.13. The van der Waals surface area contributed by atoms with Gasteiger partial charge in [-0.3, -0.25) is 24.6 Å². The van der Waals surface area contributed by atoms with E-state index in [1.54, 1.807) is 41.5 Å². The first-order chi connectivity index (χ1) is 22.3. The molecule has 2 amide bonds. The summed E-state index contributed by atoms with van der Waals surface area (Å²) >= 11 is 0. The molecule has 3 aliphatic rings. The highest BCUT2D eigenvalue weighted by atomic mass is 16.7. The van der Waals surface area contributed by atoms with Crippen molar-refractivity contribution in [1.82, 2.24) is 15.3 Å². The van der Waals surface area contributed by atoms with Crippen LogP contribution in [0.2, 0.25) is 0 Å². The number of cyclic esters (lactones) is 1. The number of esters is 1. The average Bonchev–Trinajstić information content (AvgIpc) is 3.29. The summed E-state index contributed by atoms with van der Waals surface area (Å²) in [6.45, 7) is 12.8. The van der Waals surface area contributed by atoms with Crippen molar-refractivity contribution in [3.63, 3.8) is 0 Å². The third-order valence-corrected chi connectivity index (χ3v) is 10.5. The summed E-state index contributed by atoms with van der Waals surface area (Å²) in [5.41, 5.74) is 5.04. The van der Waals surface area contributed by atoms with Gasteiger partial charge in [-0.2, -0.15) is 0 Å². The Kier molecular flexibility index (Phi) is 12.8. The maximum atomic E-state index is 14.3. The second-order valence-electron chi connectivity index (χ2n) is 14.3. The minimum absolute atomic E-state index is 0.0495. The zero-order chi connectivity index (χ0) is 36.5. The first kappa shape index (κ1) is 39.7. The number of ether oxygens (including phenoxy) is 5. The molecule has 0 aliphatic carbocycles. The van der Waals surface area contributed by atoms with Gasteiger partial charge >= 0.3 is 12.1 Å². The SMILES string of the molecule is CC[C@H]1OC(=O)[C@H](C)C(=O)[C@H](C)[C@@H](O[C@@H]2O[C@H](C)C[C@H](N(C)C)[C@H]2O)[C@](C)(OC)C[C@@H](C)C(=O)[C@H](C)[C@H]2N(NC(=O)CN)C(=O)O[C@]12C. The molecule has 0 bridgehead atoms. The maximum Gasteiger partial charge on any atom is 0.429 e. The second-order valence-corrected chi connectivity index (χ2v) is 14.3. The molecular weight excluding hydrogens is 628 g/mol. The lowest BCUT2D eigenvalue weighted by molar-refractivity contribution is -0.295. The van der Waals surface area contributed by atoms with Crippen LogP contribution in [0.5, 0.6) is 0 Å². The zero-order valence-corrected chi connectivity index (χ0v) is 30.2. The number of rotatable bonds is 7. The van der Waals surface area contributed by atoms with Crippen molar-refractivity contribution in [2.24, 2.45) is 29.4 Å². The normalized spacial score (nSPS) is 41.8. The monoisotopic (exact) mass is 684 g/mol. The number of ketones is 2. The molecule has 3 saturated heterocycles. The molecule has 0 aromatic carbocycles. The van der Waals surface area contributed by atoms with Gasteiger partial charge < -0.3 is 39.4 Å². The number of aliphatic hydroxyl groups is 1. The zero-order valence-electron chi connectivity index (χ0n) is 30.2. The third-order valence-electron chi connectivity index (χ3n) is 10.5. The highest BCUT2D eigenvalue weighted by molar-refractivity contribution is 6.00. The molecule has 15 nitrogen and oxygen atoms in total. The number of hydrazine groups is 1. The van der Waals surface area contributed by atoms with Crippen molar-refractivity contribution >= 4 is 29.5 Å². The number of nitrogens with one attached hydrogen (secondary N) is 1. The Labute approximate surface area is 283 Å². The van der Waals surface area contributed by atoms with E-state index in [2.05, 4.69) is 5.43 Å². The Morgan fingerprint density at radius 1 is 1.08 bits per heavy atom. The van der Waals surface area contributed by atoms with Crippen LogP contribution in [0.4, 0.5) is 4.79 Å². The topological polar surface area (TPSA) is 196 Å². The minimum atomic E-state index is -1.60. The summed E-state index contributed by atoms with van der Waals surface area (Å²) in [6, 6.07) is -1.41. The molecular formula is C33H56N4O11. The minimum Gasteiger partial charge on any atom is -0.457 e. The van der Waals surface area contributed by atoms with Gasteiger partial charge in [0.1, 0.15) is 30.0 Å². The van der Waals surface area contributed by atoms with Crippen LogP contribution in [0.25, 0.3) is 0 Å². The largest absolute Gasteiger partial charge is 0.457 e. The van der Waals surface area contributed by atoms with Crippen LogP contribution in [0, 0.1) is 23.7 Å². The Bertz CT molecular complexity index is 1220. The number of fused-ring (bicyclic) bond motifs is 1. The van der Waals surface area contributed by atoms with Crippen LogP contribution in [-0.4, -0.2) is 126 Å². The molecule has 13 atom stereocenters. The van der Waals surface area contributed by atoms with E-state index >= 15 is 0 Å². The molecule has 274 valence electrons. The summed E-state index contributed by atoms with van der Waals surface area (Å²) in [5.74, 6) is -6.33. The molecule has 15 heteroatoms. The number of amides is 2. The fourth-order valence-electron chi connectivity index (χ4n) is 7.67. The van der Waals surface area contributed by atoms with Crippen molar-refractivity contribution in [3.05, 3.63) is 0 Å². The van der Waals surface area contributed by atoms with Crippen LogP contribution in [0.1, 0.15) is 74.7 Å². The van der Waals surface area contributed by atoms with E-state index in [0.29, 0.717) is 6.42 Å². The first-order valence-corrected chi connectivity index (χ1v) is 16.8. The Balaban J connectivity index is 2.15. The van der Waals surface area contributed by atoms with Gasteiger partial charge in [0.15, 0.2) is 17.7 Å². The molecule has 48 heavy (non-hydrogen) atoms. The van der Waals surface area contributed by atoms with E-state index in [1.807, 2.05) is 25.9 Å². The first-order valence-electron chi connectivity index (χ1n) is 16.8. The number of carbonyl (C=O) groups excluding carboxylic acids is 5. The lowest BCUT2D eigenvalue weighted by Gasteiger charge is -2.47. The summed E-state index contributed by atoms with van der Waals surface area (Å²) in [4.78, 5) is 69.6. The van der Waals surface area contributed by atoms with Gasteiger partial charge in [0.25, 0.3) is 5.91 Å². The van der Waals surface area contributed by atoms with E-state index < -0.39 is 95.8 Å². The highest BCUT2D eigenvalue weighted by Crippen LogP contribution is 2.42. The standard InChI is InChI=1S/C33H56N4O11/c1-12-22-33(8)27(37(31(43)48-33)35-23(38)15-34)18(4)24(39)16(2)14-32(7,44-11)28(19(5)25(40)20(6)29(42)46-22)47-30-26(41)21(36(9)10)13-17(3)45-30/h16-22,26-28,30,41H,12-15,34H2,1-11H3,(H,35,38)/t16-,17-,18+,19+,20-,21+,22-,26-,27-,28-,30+,32-,33-/m1/s1. The number of likely N-dealkylation sites (N-methyl/N-ethyl adjacent to an activating group) is 1.